The minimum Gasteiger partial charge on any atom is -0.481 e. The molecule has 82 valence electrons. The van der Waals surface area contributed by atoms with Gasteiger partial charge in [0.1, 0.15) is 11.4 Å². The van der Waals surface area contributed by atoms with Crippen LogP contribution in [0.2, 0.25) is 0 Å². The molecule has 2 aromatic heterocycles. The van der Waals surface area contributed by atoms with E-state index in [1.54, 1.807) is 18.3 Å². The van der Waals surface area contributed by atoms with Crippen LogP contribution in [0.1, 0.15) is 11.6 Å². The highest BCUT2D eigenvalue weighted by Crippen LogP contribution is 2.15. The number of aromatic nitrogens is 3. The molecule has 6 nitrogen and oxygen atoms in total. The molecule has 0 aliphatic rings. The lowest BCUT2D eigenvalue weighted by atomic mass is 10.1. The molecule has 2 rings (SSSR count). The minimum atomic E-state index is -0.988. The summed E-state index contributed by atoms with van der Waals surface area (Å²) >= 11 is 0. The van der Waals surface area contributed by atoms with Crippen LogP contribution in [-0.2, 0) is 4.79 Å². The van der Waals surface area contributed by atoms with Crippen LogP contribution in [0, 0.1) is 0 Å². The molecule has 6 heteroatoms. The molecule has 0 saturated heterocycles. The summed E-state index contributed by atoms with van der Waals surface area (Å²) in [6.07, 6.45) is 3.07. The number of rotatable bonds is 3. The number of hydrogen-bond acceptors (Lipinski definition) is 5. The molecule has 0 aliphatic carbocycles. The highest BCUT2D eigenvalue weighted by atomic mass is 16.4. The van der Waals surface area contributed by atoms with E-state index in [-0.39, 0.29) is 6.54 Å². The second-order valence-electron chi connectivity index (χ2n) is 3.26. The number of fused-ring (bicyclic) bond motifs is 1. The van der Waals surface area contributed by atoms with Crippen molar-refractivity contribution in [3.63, 3.8) is 0 Å². The molecule has 0 saturated carbocycles. The first-order valence-corrected chi connectivity index (χ1v) is 4.73. The van der Waals surface area contributed by atoms with E-state index in [4.69, 9.17) is 10.8 Å². The highest BCUT2D eigenvalue weighted by Gasteiger charge is 2.19. The summed E-state index contributed by atoms with van der Waals surface area (Å²) in [7, 11) is 0. The third-order valence-corrected chi connectivity index (χ3v) is 2.24. The Labute approximate surface area is 91.2 Å². The molecular formula is C10H10N4O2. The fraction of sp³-hybridized carbons (Fsp3) is 0.200. The van der Waals surface area contributed by atoms with E-state index in [1.807, 2.05) is 0 Å². The summed E-state index contributed by atoms with van der Waals surface area (Å²) in [6, 6.07) is 3.30. The molecule has 0 radical (unpaired) electrons. The van der Waals surface area contributed by atoms with Crippen molar-refractivity contribution in [3.05, 3.63) is 30.2 Å². The van der Waals surface area contributed by atoms with Gasteiger partial charge in [-0.2, -0.15) is 0 Å². The summed E-state index contributed by atoms with van der Waals surface area (Å²) < 4.78 is 0. The SMILES string of the molecule is NCC(C(=O)O)c1ccc2nccnc2n1. The molecule has 0 spiro atoms. The quantitative estimate of drug-likeness (QED) is 0.760. The predicted molar refractivity (Wildman–Crippen MR) is 56.8 cm³/mol. The van der Waals surface area contributed by atoms with E-state index < -0.39 is 11.9 Å². The Morgan fingerprint density at radius 2 is 2.12 bits per heavy atom. The van der Waals surface area contributed by atoms with Crippen LogP contribution in [0.15, 0.2) is 24.5 Å². The van der Waals surface area contributed by atoms with Crippen molar-refractivity contribution in [3.8, 4) is 0 Å². The third kappa shape index (κ3) is 1.82. The van der Waals surface area contributed by atoms with Gasteiger partial charge in [-0.25, -0.2) is 9.97 Å². The van der Waals surface area contributed by atoms with Crippen LogP contribution in [0.5, 0.6) is 0 Å². The van der Waals surface area contributed by atoms with Gasteiger partial charge in [0, 0.05) is 18.9 Å². The maximum atomic E-state index is 10.9. The zero-order valence-electron chi connectivity index (χ0n) is 8.37. The second kappa shape index (κ2) is 4.19. The Kier molecular flexibility index (Phi) is 2.74. The summed E-state index contributed by atoms with van der Waals surface area (Å²) in [5.74, 6) is -1.79. The van der Waals surface area contributed by atoms with Crippen LogP contribution in [-0.4, -0.2) is 32.6 Å². The number of nitrogens with zero attached hydrogens (tertiary/aromatic N) is 3. The summed E-state index contributed by atoms with van der Waals surface area (Å²) in [6.45, 7) is 0.00804. The Morgan fingerprint density at radius 3 is 2.81 bits per heavy atom. The average Bonchev–Trinajstić information content (AvgIpc) is 2.29. The van der Waals surface area contributed by atoms with Crippen LogP contribution < -0.4 is 5.73 Å². The van der Waals surface area contributed by atoms with Gasteiger partial charge in [-0.15, -0.1) is 0 Å². The molecule has 0 bridgehead atoms. The van der Waals surface area contributed by atoms with E-state index in [1.165, 1.54) is 6.20 Å². The number of pyridine rings is 1. The zero-order chi connectivity index (χ0) is 11.5. The minimum absolute atomic E-state index is 0.00804. The maximum Gasteiger partial charge on any atom is 0.313 e. The van der Waals surface area contributed by atoms with Gasteiger partial charge in [0.2, 0.25) is 0 Å². The smallest absolute Gasteiger partial charge is 0.313 e. The summed E-state index contributed by atoms with van der Waals surface area (Å²) in [5, 5.41) is 8.94. The van der Waals surface area contributed by atoms with Gasteiger partial charge < -0.3 is 10.8 Å². The number of carboxylic acids is 1. The largest absolute Gasteiger partial charge is 0.481 e. The van der Waals surface area contributed by atoms with E-state index in [9.17, 15) is 4.79 Å². The first kappa shape index (κ1) is 10.4. The number of aliphatic carboxylic acids is 1. The molecule has 1 atom stereocenters. The van der Waals surface area contributed by atoms with Gasteiger partial charge in [0.25, 0.3) is 0 Å². The topological polar surface area (TPSA) is 102 Å². The molecule has 0 amide bonds. The standard InChI is InChI=1S/C10H10N4O2/c11-5-6(10(15)16)7-1-2-8-9(14-7)13-4-3-12-8/h1-4,6H,5,11H2,(H,15,16). The third-order valence-electron chi connectivity index (χ3n) is 2.24. The molecule has 0 aliphatic heterocycles. The van der Waals surface area contributed by atoms with Crippen LogP contribution >= 0.6 is 0 Å². The van der Waals surface area contributed by atoms with Crippen molar-refractivity contribution in [2.45, 2.75) is 5.92 Å². The number of carbonyl (C=O) groups is 1. The predicted octanol–water partition coefficient (Wildman–Crippen LogP) is 0.152. The average molecular weight is 218 g/mol. The van der Waals surface area contributed by atoms with Gasteiger partial charge >= 0.3 is 5.97 Å². The van der Waals surface area contributed by atoms with Crippen molar-refractivity contribution >= 4 is 17.1 Å². The molecule has 16 heavy (non-hydrogen) atoms. The van der Waals surface area contributed by atoms with Gasteiger partial charge in [0.15, 0.2) is 5.65 Å². The first-order valence-electron chi connectivity index (χ1n) is 4.73. The van der Waals surface area contributed by atoms with E-state index >= 15 is 0 Å². The van der Waals surface area contributed by atoms with Crippen molar-refractivity contribution in [2.24, 2.45) is 5.73 Å². The van der Waals surface area contributed by atoms with Crippen molar-refractivity contribution in [1.82, 2.24) is 15.0 Å². The van der Waals surface area contributed by atoms with Crippen LogP contribution in [0.3, 0.4) is 0 Å². The lowest BCUT2D eigenvalue weighted by molar-refractivity contribution is -0.138. The normalized spacial score (nSPS) is 12.6. The van der Waals surface area contributed by atoms with Gasteiger partial charge in [-0.05, 0) is 12.1 Å². The lowest BCUT2D eigenvalue weighted by Crippen LogP contribution is -2.22. The molecule has 0 fully saturated rings. The number of hydrogen-bond donors (Lipinski definition) is 2. The van der Waals surface area contributed by atoms with E-state index in [2.05, 4.69) is 15.0 Å². The van der Waals surface area contributed by atoms with Crippen molar-refractivity contribution in [1.29, 1.82) is 0 Å². The molecular weight excluding hydrogens is 208 g/mol. The molecule has 2 heterocycles. The fourth-order valence-corrected chi connectivity index (χ4v) is 1.41. The van der Waals surface area contributed by atoms with Gasteiger partial charge in [0.05, 0.1) is 5.69 Å². The van der Waals surface area contributed by atoms with Crippen LogP contribution in [0.25, 0.3) is 11.2 Å². The van der Waals surface area contributed by atoms with E-state index in [0.717, 1.165) is 0 Å². The number of nitrogens with two attached hydrogens (primary N) is 1. The summed E-state index contributed by atoms with van der Waals surface area (Å²) in [4.78, 5) is 23.1. The molecule has 2 aromatic rings. The highest BCUT2D eigenvalue weighted by molar-refractivity contribution is 5.77. The Bertz CT molecular complexity index is 529. The lowest BCUT2D eigenvalue weighted by Gasteiger charge is -2.08. The van der Waals surface area contributed by atoms with Crippen molar-refractivity contribution < 1.29 is 9.90 Å². The Hall–Kier alpha value is -2.08. The van der Waals surface area contributed by atoms with Gasteiger partial charge in [-0.3, -0.25) is 9.78 Å². The molecule has 0 aromatic carbocycles. The van der Waals surface area contributed by atoms with Crippen molar-refractivity contribution in [2.75, 3.05) is 6.54 Å². The maximum absolute atomic E-state index is 10.9. The first-order chi connectivity index (χ1) is 7.72. The summed E-state index contributed by atoms with van der Waals surface area (Å²) in [5.41, 5.74) is 6.86. The van der Waals surface area contributed by atoms with E-state index in [0.29, 0.717) is 16.9 Å². The molecule has 1 unspecified atom stereocenters. The van der Waals surface area contributed by atoms with Gasteiger partial charge in [-0.1, -0.05) is 0 Å². The number of carboxylic acid groups (broad SMARTS) is 1. The second-order valence-corrected chi connectivity index (χ2v) is 3.26. The monoisotopic (exact) mass is 218 g/mol. The Morgan fingerprint density at radius 1 is 1.38 bits per heavy atom. The Balaban J connectivity index is 2.49. The molecule has 3 N–H and O–H groups in total. The fourth-order valence-electron chi connectivity index (χ4n) is 1.41. The van der Waals surface area contributed by atoms with Crippen LogP contribution in [0.4, 0.5) is 0 Å². The zero-order valence-corrected chi connectivity index (χ0v) is 8.37.